The summed E-state index contributed by atoms with van der Waals surface area (Å²) in [6.45, 7) is 2.09. The topological polar surface area (TPSA) is 87.3 Å². The van der Waals surface area contributed by atoms with Gasteiger partial charge in [-0.05, 0) is 26.1 Å². The SMILES string of the molecule is CN1CCC(Nc2cc3[nH]c(=O)oc3cc2N)C1. The summed E-state index contributed by atoms with van der Waals surface area (Å²) in [6.07, 6.45) is 1.09. The first-order chi connectivity index (χ1) is 8.61. The number of hydrogen-bond acceptors (Lipinski definition) is 5. The van der Waals surface area contributed by atoms with Gasteiger partial charge in [0.05, 0.1) is 16.9 Å². The lowest BCUT2D eigenvalue weighted by Crippen LogP contribution is -2.23. The molecule has 2 aromatic rings. The second-order valence-electron chi connectivity index (χ2n) is 4.84. The fraction of sp³-hybridized carbons (Fsp3) is 0.417. The maximum absolute atomic E-state index is 11.1. The van der Waals surface area contributed by atoms with Crippen LogP contribution >= 0.6 is 0 Å². The largest absolute Gasteiger partial charge is 0.417 e. The fourth-order valence-corrected chi connectivity index (χ4v) is 2.41. The van der Waals surface area contributed by atoms with Gasteiger partial charge in [0.15, 0.2) is 5.58 Å². The smallest absolute Gasteiger partial charge is 0.408 e. The summed E-state index contributed by atoms with van der Waals surface area (Å²) >= 11 is 0. The molecule has 0 radical (unpaired) electrons. The van der Waals surface area contributed by atoms with Crippen LogP contribution in [-0.2, 0) is 0 Å². The van der Waals surface area contributed by atoms with Gasteiger partial charge in [-0.1, -0.05) is 0 Å². The molecule has 1 atom stereocenters. The van der Waals surface area contributed by atoms with Crippen molar-refractivity contribution in [3.63, 3.8) is 0 Å². The summed E-state index contributed by atoms with van der Waals surface area (Å²) in [5, 5.41) is 3.41. The number of oxazole rings is 1. The van der Waals surface area contributed by atoms with Crippen molar-refractivity contribution in [2.45, 2.75) is 12.5 Å². The van der Waals surface area contributed by atoms with Crippen LogP contribution in [0, 0.1) is 0 Å². The Bertz CT molecular complexity index is 631. The van der Waals surface area contributed by atoms with Gasteiger partial charge in [-0.15, -0.1) is 0 Å². The molecule has 2 heterocycles. The van der Waals surface area contributed by atoms with Crippen LogP contribution in [0.25, 0.3) is 11.1 Å². The Balaban J connectivity index is 1.91. The minimum absolute atomic E-state index is 0.397. The summed E-state index contributed by atoms with van der Waals surface area (Å²) in [4.78, 5) is 16.0. The van der Waals surface area contributed by atoms with Gasteiger partial charge < -0.3 is 20.4 Å². The van der Waals surface area contributed by atoms with Crippen LogP contribution in [-0.4, -0.2) is 36.1 Å². The summed E-state index contributed by atoms with van der Waals surface area (Å²) in [6, 6.07) is 3.90. The fourth-order valence-electron chi connectivity index (χ4n) is 2.41. The summed E-state index contributed by atoms with van der Waals surface area (Å²) < 4.78 is 4.96. The summed E-state index contributed by atoms with van der Waals surface area (Å²) in [7, 11) is 2.10. The molecule has 4 N–H and O–H groups in total. The number of fused-ring (bicyclic) bond motifs is 1. The number of hydrogen-bond donors (Lipinski definition) is 3. The zero-order valence-electron chi connectivity index (χ0n) is 10.2. The van der Waals surface area contributed by atoms with Crippen molar-refractivity contribution in [3.8, 4) is 0 Å². The molecule has 1 aliphatic heterocycles. The van der Waals surface area contributed by atoms with Crippen molar-refractivity contribution in [2.24, 2.45) is 0 Å². The highest BCUT2D eigenvalue weighted by molar-refractivity contribution is 5.85. The van der Waals surface area contributed by atoms with E-state index in [2.05, 4.69) is 22.2 Å². The maximum atomic E-state index is 11.1. The van der Waals surface area contributed by atoms with Crippen molar-refractivity contribution < 1.29 is 4.42 Å². The van der Waals surface area contributed by atoms with Gasteiger partial charge >= 0.3 is 5.76 Å². The molecule has 1 aromatic heterocycles. The second-order valence-corrected chi connectivity index (χ2v) is 4.84. The molecule has 6 nitrogen and oxygen atoms in total. The lowest BCUT2D eigenvalue weighted by atomic mass is 10.2. The molecule has 18 heavy (non-hydrogen) atoms. The highest BCUT2D eigenvalue weighted by atomic mass is 16.4. The highest BCUT2D eigenvalue weighted by Gasteiger charge is 2.20. The molecule has 96 valence electrons. The van der Waals surface area contributed by atoms with Gasteiger partial charge in [-0.2, -0.15) is 0 Å². The predicted octanol–water partition coefficient (Wildman–Crippen LogP) is 0.819. The first-order valence-corrected chi connectivity index (χ1v) is 5.99. The van der Waals surface area contributed by atoms with Gasteiger partial charge in [0.1, 0.15) is 0 Å². The van der Waals surface area contributed by atoms with E-state index in [1.807, 2.05) is 6.07 Å². The molecular formula is C12H16N4O2. The lowest BCUT2D eigenvalue weighted by molar-refractivity contribution is 0.414. The van der Waals surface area contributed by atoms with Crippen LogP contribution in [0.3, 0.4) is 0 Å². The van der Waals surface area contributed by atoms with Crippen LogP contribution in [0.5, 0.6) is 0 Å². The van der Waals surface area contributed by atoms with E-state index in [1.54, 1.807) is 6.07 Å². The number of rotatable bonds is 2. The van der Waals surface area contributed by atoms with Crippen LogP contribution in [0.4, 0.5) is 11.4 Å². The van der Waals surface area contributed by atoms with Crippen molar-refractivity contribution >= 4 is 22.5 Å². The highest BCUT2D eigenvalue weighted by Crippen LogP contribution is 2.26. The Morgan fingerprint density at radius 2 is 2.39 bits per heavy atom. The van der Waals surface area contributed by atoms with E-state index in [-0.39, 0.29) is 0 Å². The van der Waals surface area contributed by atoms with E-state index < -0.39 is 5.76 Å². The van der Waals surface area contributed by atoms with Crippen molar-refractivity contribution in [1.29, 1.82) is 0 Å². The Morgan fingerprint density at radius 1 is 1.56 bits per heavy atom. The maximum Gasteiger partial charge on any atom is 0.417 e. The van der Waals surface area contributed by atoms with Crippen molar-refractivity contribution in [3.05, 3.63) is 22.7 Å². The molecule has 1 fully saturated rings. The number of benzene rings is 1. The predicted molar refractivity (Wildman–Crippen MR) is 70.8 cm³/mol. The molecule has 1 aromatic carbocycles. The normalized spacial score (nSPS) is 20.6. The van der Waals surface area contributed by atoms with Gasteiger partial charge in [-0.3, -0.25) is 4.98 Å². The molecule has 6 heteroatoms. The zero-order valence-corrected chi connectivity index (χ0v) is 10.2. The van der Waals surface area contributed by atoms with Crippen molar-refractivity contribution in [2.75, 3.05) is 31.2 Å². The number of nitrogens with zero attached hydrogens (tertiary/aromatic N) is 1. The number of aromatic nitrogens is 1. The van der Waals surface area contributed by atoms with E-state index in [4.69, 9.17) is 10.2 Å². The molecule has 0 amide bonds. The number of nitrogens with two attached hydrogens (primary N) is 1. The molecule has 0 spiro atoms. The van der Waals surface area contributed by atoms with Crippen LogP contribution in [0.15, 0.2) is 21.3 Å². The number of H-pyrrole nitrogens is 1. The van der Waals surface area contributed by atoms with E-state index in [0.29, 0.717) is 22.8 Å². The molecular weight excluding hydrogens is 232 g/mol. The number of likely N-dealkylation sites (N-methyl/N-ethyl adjacent to an activating group) is 1. The first-order valence-electron chi connectivity index (χ1n) is 5.99. The standard InChI is InChI=1S/C12H16N4O2/c1-16-3-2-7(6-16)14-9-5-10-11(4-8(9)13)18-12(17)15-10/h4-5,7,14H,2-3,6,13H2,1H3,(H,15,17). The third-order valence-electron chi connectivity index (χ3n) is 3.34. The van der Waals surface area contributed by atoms with Gasteiger partial charge in [0, 0.05) is 18.7 Å². The third-order valence-corrected chi connectivity index (χ3v) is 3.34. The second kappa shape index (κ2) is 4.06. The molecule has 1 unspecified atom stereocenters. The Hall–Kier alpha value is -1.95. The molecule has 1 aliphatic rings. The molecule has 1 saturated heterocycles. The minimum atomic E-state index is -0.456. The molecule has 0 aliphatic carbocycles. The van der Waals surface area contributed by atoms with Crippen LogP contribution in [0.2, 0.25) is 0 Å². The number of anilines is 2. The zero-order chi connectivity index (χ0) is 12.7. The Morgan fingerprint density at radius 3 is 3.11 bits per heavy atom. The number of aromatic amines is 1. The molecule has 3 rings (SSSR count). The van der Waals surface area contributed by atoms with Gasteiger partial charge in [0.25, 0.3) is 0 Å². The van der Waals surface area contributed by atoms with E-state index in [9.17, 15) is 4.79 Å². The summed E-state index contributed by atoms with van der Waals surface area (Å²) in [5.41, 5.74) is 8.56. The number of likely N-dealkylation sites (tertiary alicyclic amines) is 1. The summed E-state index contributed by atoms with van der Waals surface area (Å²) in [5.74, 6) is -0.456. The number of nitrogens with one attached hydrogen (secondary N) is 2. The minimum Gasteiger partial charge on any atom is -0.408 e. The lowest BCUT2D eigenvalue weighted by Gasteiger charge is -2.15. The van der Waals surface area contributed by atoms with E-state index >= 15 is 0 Å². The third kappa shape index (κ3) is 1.95. The van der Waals surface area contributed by atoms with Gasteiger partial charge in [0.2, 0.25) is 0 Å². The Kier molecular flexibility index (Phi) is 2.52. The Labute approximate surface area is 104 Å². The first kappa shape index (κ1) is 11.2. The monoisotopic (exact) mass is 248 g/mol. The van der Waals surface area contributed by atoms with E-state index in [1.165, 1.54) is 0 Å². The van der Waals surface area contributed by atoms with Crippen LogP contribution < -0.4 is 16.8 Å². The molecule has 0 bridgehead atoms. The van der Waals surface area contributed by atoms with Crippen molar-refractivity contribution in [1.82, 2.24) is 9.88 Å². The number of nitrogen functional groups attached to an aromatic ring is 1. The van der Waals surface area contributed by atoms with E-state index in [0.717, 1.165) is 25.2 Å². The van der Waals surface area contributed by atoms with Gasteiger partial charge in [-0.25, -0.2) is 4.79 Å². The molecule has 0 saturated carbocycles. The van der Waals surface area contributed by atoms with Crippen LogP contribution in [0.1, 0.15) is 6.42 Å². The average Bonchev–Trinajstić information content (AvgIpc) is 2.85. The quantitative estimate of drug-likeness (QED) is 0.685. The average molecular weight is 248 g/mol.